The van der Waals surface area contributed by atoms with Crippen molar-refractivity contribution in [2.24, 2.45) is 0 Å². The largest absolute Gasteiger partial charge is 0.228 e. The van der Waals surface area contributed by atoms with Crippen LogP contribution in [0.3, 0.4) is 0 Å². The van der Waals surface area contributed by atoms with Gasteiger partial charge < -0.3 is 0 Å². The highest BCUT2D eigenvalue weighted by atomic mass is 32.1. The van der Waals surface area contributed by atoms with Gasteiger partial charge in [0.25, 0.3) is 0 Å². The summed E-state index contributed by atoms with van der Waals surface area (Å²) in [4.78, 5) is 10.5. The molecule has 4 rings (SSSR count). The molecule has 122 valence electrons. The first-order valence-electron chi connectivity index (χ1n) is 8.40. The summed E-state index contributed by atoms with van der Waals surface area (Å²) in [6, 6.07) is 20.3. The van der Waals surface area contributed by atoms with Gasteiger partial charge in [0, 0.05) is 16.0 Å². The number of benzene rings is 2. The van der Waals surface area contributed by atoms with Crippen LogP contribution in [-0.2, 0) is 0 Å². The Bertz CT molecular complexity index is 959. The molecule has 1 heterocycles. The molecule has 0 N–H and O–H groups in total. The average Bonchev–Trinajstić information content (AvgIpc) is 2.69. The Balaban J connectivity index is 1.89. The van der Waals surface area contributed by atoms with Gasteiger partial charge in [-0.05, 0) is 36.6 Å². The van der Waals surface area contributed by atoms with Gasteiger partial charge in [-0.1, -0.05) is 60.7 Å². The van der Waals surface area contributed by atoms with E-state index in [0.717, 1.165) is 51.6 Å². The zero-order valence-corrected chi connectivity index (χ0v) is 14.7. The molecule has 0 spiro atoms. The van der Waals surface area contributed by atoms with Crippen molar-refractivity contribution in [2.45, 2.75) is 17.7 Å². The van der Waals surface area contributed by atoms with E-state index < -0.39 is 0 Å². The topological polar surface area (TPSA) is 25.8 Å². The van der Waals surface area contributed by atoms with Gasteiger partial charge in [0.1, 0.15) is 0 Å². The van der Waals surface area contributed by atoms with Crippen LogP contribution in [0, 0.1) is 0 Å². The molecular formula is C22H18N2S. The molecule has 3 aromatic rings. The average molecular weight is 342 g/mol. The molecule has 0 unspecified atom stereocenters. The van der Waals surface area contributed by atoms with Crippen LogP contribution in [-0.4, -0.2) is 9.97 Å². The minimum atomic E-state index is 0.729. The van der Waals surface area contributed by atoms with E-state index in [4.69, 9.17) is 9.97 Å². The molecule has 3 heteroatoms. The van der Waals surface area contributed by atoms with Crippen LogP contribution in [0.1, 0.15) is 18.5 Å². The highest BCUT2D eigenvalue weighted by molar-refractivity contribution is 7.80. The highest BCUT2D eigenvalue weighted by Crippen LogP contribution is 2.28. The lowest BCUT2D eigenvalue weighted by atomic mass is 10.0. The summed E-state index contributed by atoms with van der Waals surface area (Å²) >= 11 is 4.45. The van der Waals surface area contributed by atoms with Gasteiger partial charge in [-0.15, -0.1) is 12.6 Å². The second-order valence-corrected chi connectivity index (χ2v) is 6.53. The fourth-order valence-corrected chi connectivity index (χ4v) is 3.15. The number of aromatic nitrogens is 2. The normalized spacial score (nSPS) is 13.6. The molecule has 1 aliphatic rings. The SMILES string of the molecule is Sc1cccc(-c2nc(C3=CCCC=C3)cc(-c3ccccc3)n2)c1. The molecule has 0 atom stereocenters. The first kappa shape index (κ1) is 15.9. The van der Waals surface area contributed by atoms with Gasteiger partial charge in [0.2, 0.25) is 0 Å². The zero-order valence-electron chi connectivity index (χ0n) is 13.8. The molecule has 0 aliphatic heterocycles. The molecule has 2 nitrogen and oxygen atoms in total. The zero-order chi connectivity index (χ0) is 17.1. The van der Waals surface area contributed by atoms with Gasteiger partial charge in [0.05, 0.1) is 11.4 Å². The highest BCUT2D eigenvalue weighted by Gasteiger charge is 2.11. The van der Waals surface area contributed by atoms with Gasteiger partial charge in [-0.25, -0.2) is 9.97 Å². The maximum atomic E-state index is 4.83. The molecule has 25 heavy (non-hydrogen) atoms. The molecule has 0 radical (unpaired) electrons. The molecule has 2 aromatic carbocycles. The maximum absolute atomic E-state index is 4.83. The third-order valence-corrected chi connectivity index (χ3v) is 4.47. The molecule has 0 fully saturated rings. The third-order valence-electron chi connectivity index (χ3n) is 4.19. The molecule has 0 bridgehead atoms. The predicted molar refractivity (Wildman–Crippen MR) is 107 cm³/mol. The standard InChI is InChI=1S/C22H18N2S/c25-19-13-7-12-18(14-19)22-23-20(16-8-3-1-4-9-16)15-21(24-22)17-10-5-2-6-11-17/h1,3-5,7-15,25H,2,6H2. The Morgan fingerprint density at radius 1 is 0.760 bits per heavy atom. The lowest BCUT2D eigenvalue weighted by Gasteiger charge is -2.11. The summed E-state index contributed by atoms with van der Waals surface area (Å²) in [5.41, 5.74) is 5.13. The van der Waals surface area contributed by atoms with Crippen LogP contribution in [0.15, 0.2) is 83.8 Å². The van der Waals surface area contributed by atoms with Crippen molar-refractivity contribution in [1.82, 2.24) is 9.97 Å². The van der Waals surface area contributed by atoms with Crippen molar-refractivity contribution in [3.8, 4) is 22.6 Å². The van der Waals surface area contributed by atoms with E-state index in [1.165, 1.54) is 0 Å². The van der Waals surface area contributed by atoms with Gasteiger partial charge in [-0.3, -0.25) is 0 Å². The van der Waals surface area contributed by atoms with E-state index in [-0.39, 0.29) is 0 Å². The van der Waals surface area contributed by atoms with E-state index in [1.54, 1.807) is 0 Å². The summed E-state index contributed by atoms with van der Waals surface area (Å²) < 4.78 is 0. The first-order valence-corrected chi connectivity index (χ1v) is 8.85. The van der Waals surface area contributed by atoms with Crippen LogP contribution in [0.2, 0.25) is 0 Å². The van der Waals surface area contributed by atoms with E-state index >= 15 is 0 Å². The molecule has 1 aliphatic carbocycles. The smallest absolute Gasteiger partial charge is 0.160 e. The molecule has 0 amide bonds. The van der Waals surface area contributed by atoms with Crippen LogP contribution in [0.5, 0.6) is 0 Å². The summed E-state index contributed by atoms with van der Waals surface area (Å²) in [7, 11) is 0. The van der Waals surface area contributed by atoms with Crippen molar-refractivity contribution >= 4 is 18.2 Å². The molecule has 0 saturated heterocycles. The molecule has 0 saturated carbocycles. The second kappa shape index (κ2) is 7.08. The summed E-state index contributed by atoms with van der Waals surface area (Å²) in [5, 5.41) is 0. The van der Waals surface area contributed by atoms with Crippen molar-refractivity contribution in [1.29, 1.82) is 0 Å². The van der Waals surface area contributed by atoms with Crippen molar-refractivity contribution in [3.63, 3.8) is 0 Å². The van der Waals surface area contributed by atoms with Gasteiger partial charge >= 0.3 is 0 Å². The fourth-order valence-electron chi connectivity index (χ4n) is 2.93. The number of hydrogen-bond donors (Lipinski definition) is 1. The minimum absolute atomic E-state index is 0.729. The maximum Gasteiger partial charge on any atom is 0.160 e. The Hall–Kier alpha value is -2.65. The van der Waals surface area contributed by atoms with E-state index in [9.17, 15) is 0 Å². The Kier molecular flexibility index (Phi) is 4.49. The number of thiol groups is 1. The quantitative estimate of drug-likeness (QED) is 0.606. The second-order valence-electron chi connectivity index (χ2n) is 6.02. The van der Waals surface area contributed by atoms with Crippen LogP contribution < -0.4 is 0 Å². The number of allylic oxidation sites excluding steroid dienone is 4. The van der Waals surface area contributed by atoms with E-state index in [2.05, 4.69) is 49.1 Å². The third kappa shape index (κ3) is 3.57. The Morgan fingerprint density at radius 2 is 1.56 bits per heavy atom. The van der Waals surface area contributed by atoms with Crippen molar-refractivity contribution in [2.75, 3.05) is 0 Å². The first-order chi connectivity index (χ1) is 12.3. The summed E-state index contributed by atoms with van der Waals surface area (Å²) in [6.07, 6.45) is 8.75. The van der Waals surface area contributed by atoms with E-state index in [0.29, 0.717) is 0 Å². The number of nitrogens with zero attached hydrogens (tertiary/aromatic N) is 2. The minimum Gasteiger partial charge on any atom is -0.228 e. The van der Waals surface area contributed by atoms with Crippen LogP contribution in [0.25, 0.3) is 28.2 Å². The number of rotatable bonds is 3. The molecular weight excluding hydrogens is 324 g/mol. The molecule has 1 aromatic heterocycles. The monoisotopic (exact) mass is 342 g/mol. The van der Waals surface area contributed by atoms with Crippen molar-refractivity contribution in [3.05, 3.63) is 84.6 Å². The Labute approximate surface area is 153 Å². The summed E-state index contributed by atoms with van der Waals surface area (Å²) in [5.74, 6) is 0.729. The lowest BCUT2D eigenvalue weighted by Crippen LogP contribution is -1.98. The number of hydrogen-bond acceptors (Lipinski definition) is 3. The summed E-state index contributed by atoms with van der Waals surface area (Å²) in [6.45, 7) is 0. The van der Waals surface area contributed by atoms with Crippen molar-refractivity contribution < 1.29 is 0 Å². The van der Waals surface area contributed by atoms with Gasteiger partial charge in [-0.2, -0.15) is 0 Å². The van der Waals surface area contributed by atoms with Crippen LogP contribution in [0.4, 0.5) is 0 Å². The fraction of sp³-hybridized carbons (Fsp3) is 0.0909. The predicted octanol–water partition coefficient (Wildman–Crippen LogP) is 5.83. The lowest BCUT2D eigenvalue weighted by molar-refractivity contribution is 1.03. The van der Waals surface area contributed by atoms with Crippen LogP contribution >= 0.6 is 12.6 Å². The van der Waals surface area contributed by atoms with E-state index in [1.807, 2.05) is 42.5 Å². The van der Waals surface area contributed by atoms with Gasteiger partial charge in [0.15, 0.2) is 5.82 Å². The Morgan fingerprint density at radius 3 is 2.32 bits per heavy atom.